The average molecular weight is 314 g/mol. The van der Waals surface area contributed by atoms with Crippen molar-refractivity contribution in [3.63, 3.8) is 0 Å². The van der Waals surface area contributed by atoms with Gasteiger partial charge in [-0.2, -0.15) is 4.98 Å². The van der Waals surface area contributed by atoms with Gasteiger partial charge in [0.25, 0.3) is 0 Å². The van der Waals surface area contributed by atoms with Gasteiger partial charge in [0.05, 0.1) is 18.5 Å². The summed E-state index contributed by atoms with van der Waals surface area (Å²) in [7, 11) is 0. The lowest BCUT2D eigenvalue weighted by Gasteiger charge is -2.23. The Balaban J connectivity index is 1.57. The maximum absolute atomic E-state index is 12.2. The molecule has 1 amide bonds. The van der Waals surface area contributed by atoms with Crippen molar-refractivity contribution in [2.45, 2.75) is 44.7 Å². The zero-order valence-corrected chi connectivity index (χ0v) is 13.3. The van der Waals surface area contributed by atoms with Crippen molar-refractivity contribution in [1.29, 1.82) is 0 Å². The van der Waals surface area contributed by atoms with Crippen LogP contribution in [0.4, 0.5) is 0 Å². The summed E-state index contributed by atoms with van der Waals surface area (Å²) in [5.74, 6) is 1.08. The Bertz CT molecular complexity index is 635. The molecule has 0 spiro atoms. The predicted molar refractivity (Wildman–Crippen MR) is 85.7 cm³/mol. The Morgan fingerprint density at radius 1 is 1.39 bits per heavy atom. The second kappa shape index (κ2) is 7.37. The van der Waals surface area contributed by atoms with Gasteiger partial charge < -0.3 is 15.2 Å². The number of benzene rings is 1. The normalized spacial score (nSPS) is 19.3. The molecule has 0 aliphatic carbocycles. The van der Waals surface area contributed by atoms with E-state index in [0.717, 1.165) is 31.4 Å². The Kier molecular flexibility index (Phi) is 5.02. The van der Waals surface area contributed by atoms with Gasteiger partial charge in [-0.3, -0.25) is 4.79 Å². The first-order valence-corrected chi connectivity index (χ1v) is 8.12. The van der Waals surface area contributed by atoms with Crippen LogP contribution in [0.2, 0.25) is 0 Å². The fraction of sp³-hybridized carbons (Fsp3) is 0.471. The molecular formula is C17H22N4O2. The van der Waals surface area contributed by atoms with Gasteiger partial charge in [-0.05, 0) is 31.9 Å². The SMILES string of the molecule is CC(NC(=O)C1CCCCN1)c1noc(Cc2ccccc2)n1. The number of nitrogens with one attached hydrogen (secondary N) is 2. The number of hydrogen-bond acceptors (Lipinski definition) is 5. The quantitative estimate of drug-likeness (QED) is 0.882. The van der Waals surface area contributed by atoms with Crippen LogP contribution in [0.3, 0.4) is 0 Å². The molecule has 2 unspecified atom stereocenters. The lowest BCUT2D eigenvalue weighted by molar-refractivity contribution is -0.124. The summed E-state index contributed by atoms with van der Waals surface area (Å²) in [6.45, 7) is 2.77. The van der Waals surface area contributed by atoms with Gasteiger partial charge >= 0.3 is 0 Å². The minimum atomic E-state index is -0.264. The first-order chi connectivity index (χ1) is 11.2. The molecule has 3 rings (SSSR count). The van der Waals surface area contributed by atoms with Gasteiger partial charge in [0.15, 0.2) is 5.82 Å². The second-order valence-electron chi connectivity index (χ2n) is 5.94. The third-order valence-electron chi connectivity index (χ3n) is 4.05. The maximum Gasteiger partial charge on any atom is 0.237 e. The summed E-state index contributed by atoms with van der Waals surface area (Å²) in [6, 6.07) is 9.59. The summed E-state index contributed by atoms with van der Waals surface area (Å²) >= 11 is 0. The molecule has 6 nitrogen and oxygen atoms in total. The highest BCUT2D eigenvalue weighted by molar-refractivity contribution is 5.82. The zero-order chi connectivity index (χ0) is 16.1. The molecule has 1 aromatic heterocycles. The number of carbonyl (C=O) groups is 1. The lowest BCUT2D eigenvalue weighted by Crippen LogP contribution is -2.47. The average Bonchev–Trinajstić information content (AvgIpc) is 3.05. The predicted octanol–water partition coefficient (Wildman–Crippen LogP) is 1.98. The molecule has 0 radical (unpaired) electrons. The summed E-state index contributed by atoms with van der Waals surface area (Å²) in [6.07, 6.45) is 3.69. The fourth-order valence-corrected chi connectivity index (χ4v) is 2.74. The molecule has 2 heterocycles. The third-order valence-corrected chi connectivity index (χ3v) is 4.05. The molecule has 2 atom stereocenters. The number of amides is 1. The first kappa shape index (κ1) is 15.7. The van der Waals surface area contributed by atoms with Gasteiger partial charge in [0, 0.05) is 0 Å². The second-order valence-corrected chi connectivity index (χ2v) is 5.94. The van der Waals surface area contributed by atoms with Crippen molar-refractivity contribution < 1.29 is 9.32 Å². The molecule has 1 aliphatic heterocycles. The van der Waals surface area contributed by atoms with Crippen LogP contribution in [0.25, 0.3) is 0 Å². The van der Waals surface area contributed by atoms with Crippen molar-refractivity contribution in [3.05, 3.63) is 47.6 Å². The van der Waals surface area contributed by atoms with Crippen molar-refractivity contribution in [1.82, 2.24) is 20.8 Å². The minimum Gasteiger partial charge on any atom is -0.345 e. The van der Waals surface area contributed by atoms with Gasteiger partial charge in [0.2, 0.25) is 11.8 Å². The maximum atomic E-state index is 12.2. The van der Waals surface area contributed by atoms with Crippen molar-refractivity contribution in [2.24, 2.45) is 0 Å². The third kappa shape index (κ3) is 4.16. The molecule has 2 aromatic rings. The number of hydrogen-bond donors (Lipinski definition) is 2. The van der Waals surface area contributed by atoms with Crippen LogP contribution in [0, 0.1) is 0 Å². The number of aromatic nitrogens is 2. The topological polar surface area (TPSA) is 80.0 Å². The van der Waals surface area contributed by atoms with E-state index in [1.54, 1.807) is 0 Å². The monoisotopic (exact) mass is 314 g/mol. The number of piperidine rings is 1. The molecule has 0 saturated carbocycles. The number of carbonyl (C=O) groups excluding carboxylic acids is 1. The summed E-state index contributed by atoms with van der Waals surface area (Å²) in [5, 5.41) is 10.2. The van der Waals surface area contributed by atoms with Crippen LogP contribution < -0.4 is 10.6 Å². The number of rotatable bonds is 5. The van der Waals surface area contributed by atoms with E-state index in [1.165, 1.54) is 0 Å². The highest BCUT2D eigenvalue weighted by Gasteiger charge is 2.23. The van der Waals surface area contributed by atoms with E-state index in [-0.39, 0.29) is 18.0 Å². The van der Waals surface area contributed by atoms with Crippen LogP contribution in [0.15, 0.2) is 34.9 Å². The van der Waals surface area contributed by atoms with E-state index in [2.05, 4.69) is 20.8 Å². The van der Waals surface area contributed by atoms with Crippen LogP contribution in [0.5, 0.6) is 0 Å². The van der Waals surface area contributed by atoms with Crippen molar-refractivity contribution in [3.8, 4) is 0 Å². The van der Waals surface area contributed by atoms with E-state index in [9.17, 15) is 4.79 Å². The Morgan fingerprint density at radius 3 is 2.96 bits per heavy atom. The standard InChI is InChI=1S/C17H22N4O2/c1-12(19-17(22)14-9-5-6-10-18-14)16-20-15(23-21-16)11-13-7-3-2-4-8-13/h2-4,7-8,12,14,18H,5-6,9-11H2,1H3,(H,19,22). The molecule has 122 valence electrons. The molecule has 23 heavy (non-hydrogen) atoms. The molecular weight excluding hydrogens is 292 g/mol. The lowest BCUT2D eigenvalue weighted by atomic mass is 10.0. The van der Waals surface area contributed by atoms with Gasteiger partial charge in [-0.15, -0.1) is 0 Å². The fourth-order valence-electron chi connectivity index (χ4n) is 2.74. The molecule has 1 fully saturated rings. The van der Waals surface area contributed by atoms with E-state index >= 15 is 0 Å². The molecule has 1 saturated heterocycles. The summed E-state index contributed by atoms with van der Waals surface area (Å²) in [4.78, 5) is 16.6. The minimum absolute atomic E-state index is 0.00612. The van der Waals surface area contributed by atoms with Crippen molar-refractivity contribution >= 4 is 5.91 Å². The molecule has 1 aromatic carbocycles. The van der Waals surface area contributed by atoms with Crippen LogP contribution in [0.1, 0.15) is 49.5 Å². The molecule has 1 aliphatic rings. The van der Waals surface area contributed by atoms with E-state index < -0.39 is 0 Å². The Hall–Kier alpha value is -2.21. The van der Waals surface area contributed by atoms with E-state index in [1.807, 2.05) is 37.3 Å². The molecule has 0 bridgehead atoms. The highest BCUT2D eigenvalue weighted by atomic mass is 16.5. The summed E-state index contributed by atoms with van der Waals surface area (Å²) in [5.41, 5.74) is 1.12. The van der Waals surface area contributed by atoms with Crippen molar-refractivity contribution in [2.75, 3.05) is 6.54 Å². The molecule has 6 heteroatoms. The van der Waals surface area contributed by atoms with E-state index in [0.29, 0.717) is 18.1 Å². The van der Waals surface area contributed by atoms with Gasteiger partial charge in [-0.1, -0.05) is 41.9 Å². The Labute approximate surface area is 135 Å². The number of nitrogens with zero attached hydrogens (tertiary/aromatic N) is 2. The summed E-state index contributed by atoms with van der Waals surface area (Å²) < 4.78 is 5.29. The smallest absolute Gasteiger partial charge is 0.237 e. The van der Waals surface area contributed by atoms with Gasteiger partial charge in [-0.25, -0.2) is 0 Å². The van der Waals surface area contributed by atoms with Gasteiger partial charge in [0.1, 0.15) is 0 Å². The Morgan fingerprint density at radius 2 is 2.22 bits per heavy atom. The van der Waals surface area contributed by atoms with Crippen LogP contribution >= 0.6 is 0 Å². The molecule has 2 N–H and O–H groups in total. The highest BCUT2D eigenvalue weighted by Crippen LogP contribution is 2.13. The van der Waals surface area contributed by atoms with Crippen LogP contribution in [-0.2, 0) is 11.2 Å². The van der Waals surface area contributed by atoms with Crippen LogP contribution in [-0.4, -0.2) is 28.6 Å². The first-order valence-electron chi connectivity index (χ1n) is 8.12. The largest absolute Gasteiger partial charge is 0.345 e. The van der Waals surface area contributed by atoms with E-state index in [4.69, 9.17) is 4.52 Å². The zero-order valence-electron chi connectivity index (χ0n) is 13.3.